The van der Waals surface area contributed by atoms with Gasteiger partial charge in [0.05, 0.1) is 6.10 Å². The summed E-state index contributed by atoms with van der Waals surface area (Å²) in [7, 11) is 0. The highest BCUT2D eigenvalue weighted by Crippen LogP contribution is 2.18. The highest BCUT2D eigenvalue weighted by molar-refractivity contribution is 5.85. The van der Waals surface area contributed by atoms with Gasteiger partial charge in [-0.05, 0) is 36.9 Å². The van der Waals surface area contributed by atoms with Crippen molar-refractivity contribution in [1.82, 2.24) is 9.80 Å². The van der Waals surface area contributed by atoms with E-state index in [-0.39, 0.29) is 30.9 Å². The first kappa shape index (κ1) is 23.6. The van der Waals surface area contributed by atoms with E-state index >= 15 is 0 Å². The molecule has 0 bridgehead atoms. The van der Waals surface area contributed by atoms with Crippen LogP contribution in [0.5, 0.6) is 0 Å². The Balaban J connectivity index is 0.00000169. The Hall–Kier alpha value is -0.400. The molecule has 3 N–H and O–H groups in total. The summed E-state index contributed by atoms with van der Waals surface area (Å²) in [5, 5.41) is 10.4. The molecule has 1 unspecified atom stereocenters. The molecule has 1 atom stereocenters. The molecule has 150 valence electrons. The van der Waals surface area contributed by atoms with Crippen LogP contribution in [0.4, 0.5) is 0 Å². The van der Waals surface area contributed by atoms with Gasteiger partial charge in [0.2, 0.25) is 0 Å². The monoisotopic (exact) mass is 405 g/mol. The second kappa shape index (κ2) is 12.1. The third-order valence-electron chi connectivity index (χ3n) is 5.19. The van der Waals surface area contributed by atoms with Gasteiger partial charge in [0, 0.05) is 52.0 Å². The molecule has 0 amide bonds. The lowest BCUT2D eigenvalue weighted by atomic mass is 10.1. The Kier molecular flexibility index (Phi) is 11.0. The van der Waals surface area contributed by atoms with Crippen molar-refractivity contribution in [3.63, 3.8) is 0 Å². The van der Waals surface area contributed by atoms with Crippen LogP contribution in [0.15, 0.2) is 24.3 Å². The summed E-state index contributed by atoms with van der Waals surface area (Å²) in [4.78, 5) is 4.85. The van der Waals surface area contributed by atoms with Crippen LogP contribution in [-0.2, 0) is 17.7 Å². The smallest absolute Gasteiger partial charge is 0.0794 e. The van der Waals surface area contributed by atoms with Crippen LogP contribution < -0.4 is 5.73 Å². The topological polar surface area (TPSA) is 62.0 Å². The number of hydrogen-bond donors (Lipinski definition) is 2. The molecule has 2 heterocycles. The summed E-state index contributed by atoms with van der Waals surface area (Å²) in [6.45, 7) is 6.90. The van der Waals surface area contributed by atoms with E-state index in [1.165, 1.54) is 11.1 Å². The second-order valence-corrected chi connectivity index (χ2v) is 7.08. The van der Waals surface area contributed by atoms with Crippen molar-refractivity contribution in [2.75, 3.05) is 45.9 Å². The Morgan fingerprint density at radius 1 is 1.00 bits per heavy atom. The molecule has 0 aliphatic carbocycles. The first-order valence-electron chi connectivity index (χ1n) is 9.24. The SMILES string of the molecule is Cl.Cl.NCCc1ccc(CN2CCN(C3CCOCC3)CC(O)C2)cc1. The molecule has 7 heteroatoms. The number of aliphatic hydroxyl groups excluding tert-OH is 1. The zero-order valence-electron chi connectivity index (χ0n) is 15.4. The number of nitrogens with two attached hydrogens (primary N) is 1. The van der Waals surface area contributed by atoms with Gasteiger partial charge < -0.3 is 15.6 Å². The molecular weight excluding hydrogens is 373 g/mol. The predicted octanol–water partition coefficient (Wildman–Crippen LogP) is 1.69. The Bertz CT molecular complexity index is 498. The predicted molar refractivity (Wildman–Crippen MR) is 110 cm³/mol. The molecular formula is C19H33Cl2N3O2. The number of β-amino-alcohol motifs (C(OH)–C–C–N with tert-alkyl or cyclic N) is 1. The number of rotatable bonds is 5. The normalized spacial score (nSPS) is 22.9. The first-order valence-corrected chi connectivity index (χ1v) is 9.24. The first-order chi connectivity index (χ1) is 11.7. The second-order valence-electron chi connectivity index (χ2n) is 7.08. The van der Waals surface area contributed by atoms with Crippen LogP contribution in [0, 0.1) is 0 Å². The number of benzene rings is 1. The Morgan fingerprint density at radius 2 is 1.65 bits per heavy atom. The molecule has 0 radical (unpaired) electrons. The molecule has 0 spiro atoms. The van der Waals surface area contributed by atoms with Gasteiger partial charge in [0.1, 0.15) is 0 Å². The van der Waals surface area contributed by atoms with Gasteiger partial charge in [-0.3, -0.25) is 9.80 Å². The summed E-state index contributed by atoms with van der Waals surface area (Å²) >= 11 is 0. The fourth-order valence-electron chi connectivity index (χ4n) is 3.84. The van der Waals surface area contributed by atoms with Crippen LogP contribution >= 0.6 is 24.8 Å². The van der Waals surface area contributed by atoms with Gasteiger partial charge in [0.15, 0.2) is 0 Å². The van der Waals surface area contributed by atoms with Gasteiger partial charge in [-0.1, -0.05) is 24.3 Å². The van der Waals surface area contributed by atoms with Crippen molar-refractivity contribution in [1.29, 1.82) is 0 Å². The minimum atomic E-state index is -0.271. The molecule has 1 aromatic carbocycles. The summed E-state index contributed by atoms with van der Waals surface area (Å²) in [5.41, 5.74) is 8.21. The maximum Gasteiger partial charge on any atom is 0.0794 e. The van der Waals surface area contributed by atoms with E-state index in [1.54, 1.807) is 0 Å². The fourth-order valence-corrected chi connectivity index (χ4v) is 3.84. The number of hydrogen-bond acceptors (Lipinski definition) is 5. The maximum absolute atomic E-state index is 10.4. The van der Waals surface area contributed by atoms with E-state index < -0.39 is 0 Å². The lowest BCUT2D eigenvalue weighted by Gasteiger charge is -2.33. The average molecular weight is 406 g/mol. The van der Waals surface area contributed by atoms with Crippen LogP contribution in [0.3, 0.4) is 0 Å². The Labute approximate surface area is 169 Å². The van der Waals surface area contributed by atoms with Crippen molar-refractivity contribution in [3.8, 4) is 0 Å². The van der Waals surface area contributed by atoms with Crippen molar-refractivity contribution in [3.05, 3.63) is 35.4 Å². The van der Waals surface area contributed by atoms with Crippen LogP contribution in [0.1, 0.15) is 24.0 Å². The van der Waals surface area contributed by atoms with Crippen molar-refractivity contribution in [2.24, 2.45) is 5.73 Å². The molecule has 3 rings (SSSR count). The minimum absolute atomic E-state index is 0. The van der Waals surface area contributed by atoms with E-state index in [1.807, 2.05) is 0 Å². The average Bonchev–Trinajstić information content (AvgIpc) is 2.79. The van der Waals surface area contributed by atoms with E-state index in [0.717, 1.165) is 65.2 Å². The molecule has 0 aromatic heterocycles. The lowest BCUT2D eigenvalue weighted by molar-refractivity contribution is 0.0217. The van der Waals surface area contributed by atoms with Gasteiger partial charge in [-0.15, -0.1) is 24.8 Å². The van der Waals surface area contributed by atoms with Crippen LogP contribution in [0.25, 0.3) is 0 Å². The van der Waals surface area contributed by atoms with E-state index in [9.17, 15) is 5.11 Å². The van der Waals surface area contributed by atoms with Gasteiger partial charge in [0.25, 0.3) is 0 Å². The summed E-state index contributed by atoms with van der Waals surface area (Å²) in [5.74, 6) is 0. The summed E-state index contributed by atoms with van der Waals surface area (Å²) in [6.07, 6.45) is 2.85. The molecule has 0 saturated carbocycles. The lowest BCUT2D eigenvalue weighted by Crippen LogP contribution is -2.43. The summed E-state index contributed by atoms with van der Waals surface area (Å²) in [6, 6.07) is 9.30. The largest absolute Gasteiger partial charge is 0.390 e. The van der Waals surface area contributed by atoms with E-state index in [2.05, 4.69) is 34.1 Å². The molecule has 1 aromatic rings. The van der Waals surface area contributed by atoms with Gasteiger partial charge in [-0.2, -0.15) is 0 Å². The highest BCUT2D eigenvalue weighted by Gasteiger charge is 2.27. The van der Waals surface area contributed by atoms with E-state index in [0.29, 0.717) is 12.6 Å². The molecule has 26 heavy (non-hydrogen) atoms. The minimum Gasteiger partial charge on any atom is -0.390 e. The maximum atomic E-state index is 10.4. The molecule has 2 fully saturated rings. The van der Waals surface area contributed by atoms with Gasteiger partial charge >= 0.3 is 0 Å². The highest BCUT2D eigenvalue weighted by atomic mass is 35.5. The number of nitrogens with zero attached hydrogens (tertiary/aromatic N) is 2. The zero-order valence-corrected chi connectivity index (χ0v) is 17.0. The summed E-state index contributed by atoms with van der Waals surface area (Å²) < 4.78 is 5.47. The molecule has 5 nitrogen and oxygen atoms in total. The quantitative estimate of drug-likeness (QED) is 0.780. The van der Waals surface area contributed by atoms with Crippen molar-refractivity contribution >= 4 is 24.8 Å². The zero-order chi connectivity index (χ0) is 16.8. The standard InChI is InChI=1S/C19H31N3O2.2ClH/c20-8-5-16-1-3-17(4-2-16)13-21-9-10-22(15-19(23)14-21)18-6-11-24-12-7-18;;/h1-4,18-19,23H,5-15,20H2;2*1H. The van der Waals surface area contributed by atoms with Crippen molar-refractivity contribution in [2.45, 2.75) is 38.0 Å². The van der Waals surface area contributed by atoms with Crippen molar-refractivity contribution < 1.29 is 9.84 Å². The van der Waals surface area contributed by atoms with Crippen LogP contribution in [-0.4, -0.2) is 73.0 Å². The fraction of sp³-hybridized carbons (Fsp3) is 0.684. The third-order valence-corrected chi connectivity index (χ3v) is 5.19. The number of ether oxygens (including phenoxy) is 1. The molecule has 2 aliphatic heterocycles. The third kappa shape index (κ3) is 6.97. The van der Waals surface area contributed by atoms with E-state index in [4.69, 9.17) is 10.5 Å². The van der Waals surface area contributed by atoms with Crippen LogP contribution in [0.2, 0.25) is 0 Å². The Morgan fingerprint density at radius 3 is 2.31 bits per heavy atom. The molecule has 2 saturated heterocycles. The van der Waals surface area contributed by atoms with Gasteiger partial charge in [-0.25, -0.2) is 0 Å². The number of halogens is 2. The number of aliphatic hydroxyl groups is 1. The molecule has 2 aliphatic rings.